The van der Waals surface area contributed by atoms with Gasteiger partial charge in [-0.15, -0.1) is 0 Å². The van der Waals surface area contributed by atoms with Crippen molar-refractivity contribution in [3.8, 4) is 0 Å². The maximum absolute atomic E-state index is 11.3. The van der Waals surface area contributed by atoms with Crippen LogP contribution in [0.1, 0.15) is 5.56 Å². The van der Waals surface area contributed by atoms with Gasteiger partial charge in [0.15, 0.2) is 0 Å². The number of hydrogen-bond donors (Lipinski definition) is 2. The molecule has 1 aromatic carbocycles. The summed E-state index contributed by atoms with van der Waals surface area (Å²) in [5.74, 6) is -0.0456. The van der Waals surface area contributed by atoms with Crippen molar-refractivity contribution in [1.82, 2.24) is 5.32 Å². The van der Waals surface area contributed by atoms with Crippen LogP contribution in [0, 0.1) is 0 Å². The summed E-state index contributed by atoms with van der Waals surface area (Å²) < 4.78 is 9.61. The normalized spacial score (nSPS) is 10.6. The Morgan fingerprint density at radius 2 is 2.11 bits per heavy atom. The molecule has 1 amide bonds. The van der Waals surface area contributed by atoms with Crippen molar-refractivity contribution < 1.29 is 14.3 Å². The highest BCUT2D eigenvalue weighted by Crippen LogP contribution is 2.00. The van der Waals surface area contributed by atoms with Crippen LogP contribution in [-0.2, 0) is 16.1 Å². The lowest BCUT2D eigenvalue weighted by Crippen LogP contribution is -2.37. The highest BCUT2D eigenvalue weighted by molar-refractivity contribution is 5.93. The fourth-order valence-corrected chi connectivity index (χ4v) is 1.07. The molecule has 0 aromatic heterocycles. The van der Waals surface area contributed by atoms with Crippen LogP contribution in [0.15, 0.2) is 47.8 Å². The summed E-state index contributed by atoms with van der Waals surface area (Å²) in [6.07, 6.45) is -0.691. The molecule has 0 spiro atoms. The smallest absolute Gasteiger partial charge is 0.414 e. The molecule has 0 unspecified atom stereocenters. The van der Waals surface area contributed by atoms with Gasteiger partial charge < -0.3 is 15.2 Å². The lowest BCUT2D eigenvalue weighted by molar-refractivity contribution is 0.145. The van der Waals surface area contributed by atoms with E-state index in [-0.39, 0.29) is 18.4 Å². The molecule has 0 bridgehead atoms. The molecule has 0 heterocycles. The van der Waals surface area contributed by atoms with Gasteiger partial charge in [0, 0.05) is 0 Å². The quantitative estimate of drug-likeness (QED) is 0.479. The molecule has 1 aromatic rings. The number of nitrogens with two attached hydrogens (primary N) is 1. The van der Waals surface area contributed by atoms with Gasteiger partial charge in [0.2, 0.25) is 11.8 Å². The molecule has 0 aliphatic rings. The van der Waals surface area contributed by atoms with E-state index in [0.717, 1.165) is 5.56 Å². The van der Waals surface area contributed by atoms with Crippen molar-refractivity contribution in [3.05, 3.63) is 48.4 Å². The summed E-state index contributed by atoms with van der Waals surface area (Å²) in [5.41, 5.74) is 6.30. The molecule has 18 heavy (non-hydrogen) atoms. The fourth-order valence-electron chi connectivity index (χ4n) is 1.07. The van der Waals surface area contributed by atoms with Crippen LogP contribution in [0.5, 0.6) is 0 Å². The van der Waals surface area contributed by atoms with Crippen LogP contribution in [0.4, 0.5) is 4.79 Å². The van der Waals surface area contributed by atoms with Crippen LogP contribution in [0.3, 0.4) is 0 Å². The first-order valence-corrected chi connectivity index (χ1v) is 5.16. The number of benzene rings is 1. The first-order valence-electron chi connectivity index (χ1n) is 5.16. The van der Waals surface area contributed by atoms with Crippen molar-refractivity contribution in [2.75, 3.05) is 7.11 Å². The maximum Gasteiger partial charge on any atom is 0.414 e. The number of nitrogens with zero attached hydrogens (tertiary/aromatic N) is 1. The summed E-state index contributed by atoms with van der Waals surface area (Å²) in [5, 5.41) is 2.24. The van der Waals surface area contributed by atoms with Gasteiger partial charge in [0.1, 0.15) is 6.61 Å². The number of ether oxygens (including phenoxy) is 2. The summed E-state index contributed by atoms with van der Waals surface area (Å²) in [6, 6.07) is 9.28. The van der Waals surface area contributed by atoms with Crippen LogP contribution in [0.25, 0.3) is 0 Å². The lowest BCUT2D eigenvalue weighted by atomic mass is 10.2. The van der Waals surface area contributed by atoms with Gasteiger partial charge in [-0.2, -0.15) is 4.99 Å². The predicted molar refractivity (Wildman–Crippen MR) is 67.5 cm³/mol. The molecule has 6 nitrogen and oxygen atoms in total. The first-order chi connectivity index (χ1) is 8.61. The Hall–Kier alpha value is -2.50. The average molecular weight is 249 g/mol. The van der Waals surface area contributed by atoms with Crippen molar-refractivity contribution in [3.63, 3.8) is 0 Å². The summed E-state index contributed by atoms with van der Waals surface area (Å²) in [7, 11) is 1.40. The van der Waals surface area contributed by atoms with E-state index in [4.69, 9.17) is 10.5 Å². The second kappa shape index (κ2) is 6.95. The van der Waals surface area contributed by atoms with E-state index in [1.54, 1.807) is 0 Å². The molecule has 0 fully saturated rings. The number of guanidine groups is 1. The number of methoxy groups -OCH3 is 1. The van der Waals surface area contributed by atoms with Gasteiger partial charge in [0.25, 0.3) is 0 Å². The third-order valence-corrected chi connectivity index (χ3v) is 1.92. The van der Waals surface area contributed by atoms with E-state index in [1.165, 1.54) is 7.11 Å². The number of rotatable bonds is 4. The van der Waals surface area contributed by atoms with Crippen LogP contribution in [0.2, 0.25) is 0 Å². The Bertz CT molecular complexity index is 443. The van der Waals surface area contributed by atoms with Crippen molar-refractivity contribution in [2.45, 2.75) is 6.61 Å². The SMILES string of the molecule is C=C(/N=C(\N)NC(=O)OCc1ccccc1)OC. The molecule has 0 saturated heterocycles. The van der Waals surface area contributed by atoms with Crippen molar-refractivity contribution in [2.24, 2.45) is 10.7 Å². The second-order valence-corrected chi connectivity index (χ2v) is 3.28. The van der Waals surface area contributed by atoms with E-state index in [9.17, 15) is 4.79 Å². The summed E-state index contributed by atoms with van der Waals surface area (Å²) >= 11 is 0. The summed E-state index contributed by atoms with van der Waals surface area (Å²) in [6.45, 7) is 3.59. The Morgan fingerprint density at radius 3 is 2.72 bits per heavy atom. The van der Waals surface area contributed by atoms with Crippen LogP contribution >= 0.6 is 0 Å². The zero-order valence-electron chi connectivity index (χ0n) is 10.1. The van der Waals surface area contributed by atoms with Gasteiger partial charge in [0.05, 0.1) is 7.11 Å². The number of nitrogens with one attached hydrogen (secondary N) is 1. The number of amides is 1. The number of aliphatic imine (C=N–C) groups is 1. The number of carbonyl (C=O) groups excluding carboxylic acids is 1. The zero-order valence-corrected chi connectivity index (χ0v) is 10.1. The van der Waals surface area contributed by atoms with Gasteiger partial charge >= 0.3 is 6.09 Å². The molecule has 6 heteroatoms. The lowest BCUT2D eigenvalue weighted by Gasteiger charge is -2.06. The molecular formula is C12H15N3O3. The molecule has 3 N–H and O–H groups in total. The van der Waals surface area contributed by atoms with Gasteiger partial charge in [-0.25, -0.2) is 4.79 Å². The topological polar surface area (TPSA) is 85.9 Å². The minimum absolute atomic E-state index is 0.0934. The zero-order chi connectivity index (χ0) is 13.4. The van der Waals surface area contributed by atoms with E-state index in [2.05, 4.69) is 21.6 Å². The fraction of sp³-hybridized carbons (Fsp3) is 0.167. The maximum atomic E-state index is 11.3. The van der Waals surface area contributed by atoms with Gasteiger partial charge in [-0.3, -0.25) is 5.32 Å². The van der Waals surface area contributed by atoms with Crippen LogP contribution in [-0.4, -0.2) is 19.2 Å². The molecule has 0 atom stereocenters. The largest absolute Gasteiger partial charge is 0.481 e. The first kappa shape index (κ1) is 13.6. The minimum atomic E-state index is -0.691. The Kier molecular flexibility index (Phi) is 5.24. The minimum Gasteiger partial charge on any atom is -0.481 e. The van der Waals surface area contributed by atoms with E-state index >= 15 is 0 Å². The molecule has 0 saturated carbocycles. The molecule has 0 aliphatic heterocycles. The molecule has 96 valence electrons. The Labute approximate surface area is 105 Å². The third kappa shape index (κ3) is 5.02. The molecular weight excluding hydrogens is 234 g/mol. The number of carbonyl (C=O) groups is 1. The second-order valence-electron chi connectivity index (χ2n) is 3.28. The van der Waals surface area contributed by atoms with Gasteiger partial charge in [-0.1, -0.05) is 30.3 Å². The summed E-state index contributed by atoms with van der Waals surface area (Å²) in [4.78, 5) is 15.0. The Balaban J connectivity index is 2.38. The number of hydrogen-bond acceptors (Lipinski definition) is 4. The molecule has 1 rings (SSSR count). The highest BCUT2D eigenvalue weighted by atomic mass is 16.5. The van der Waals surface area contributed by atoms with E-state index in [0.29, 0.717) is 0 Å². The van der Waals surface area contributed by atoms with Crippen molar-refractivity contribution >= 4 is 12.1 Å². The van der Waals surface area contributed by atoms with Crippen LogP contribution < -0.4 is 11.1 Å². The van der Waals surface area contributed by atoms with E-state index in [1.807, 2.05) is 30.3 Å². The molecule has 0 radical (unpaired) electrons. The third-order valence-electron chi connectivity index (χ3n) is 1.92. The monoisotopic (exact) mass is 249 g/mol. The van der Waals surface area contributed by atoms with Gasteiger partial charge in [-0.05, 0) is 12.1 Å². The van der Waals surface area contributed by atoms with Crippen molar-refractivity contribution in [1.29, 1.82) is 0 Å². The Morgan fingerprint density at radius 1 is 1.44 bits per heavy atom. The van der Waals surface area contributed by atoms with E-state index < -0.39 is 6.09 Å². The highest BCUT2D eigenvalue weighted by Gasteiger charge is 2.04. The average Bonchev–Trinajstić information content (AvgIpc) is 2.37. The standard InChI is InChI=1S/C12H15N3O3/c1-9(17-2)14-11(13)15-12(16)18-8-10-6-4-3-5-7-10/h3-7H,1,8H2,2H3,(H3,13,14,15,16). The predicted octanol–water partition coefficient (Wildman–Crippen LogP) is 1.35. The number of alkyl carbamates (subject to hydrolysis) is 1. The molecule has 0 aliphatic carbocycles.